The molecule has 8 heteroatoms. The summed E-state index contributed by atoms with van der Waals surface area (Å²) in [4.78, 5) is 23.7. The van der Waals surface area contributed by atoms with Gasteiger partial charge in [0.05, 0.1) is 6.54 Å². The maximum Gasteiger partial charge on any atom is 0.242 e. The van der Waals surface area contributed by atoms with Crippen LogP contribution < -0.4 is 19.1 Å². The van der Waals surface area contributed by atoms with Crippen molar-refractivity contribution in [1.82, 2.24) is 14.8 Å². The summed E-state index contributed by atoms with van der Waals surface area (Å²) in [6.45, 7) is 7.47. The van der Waals surface area contributed by atoms with E-state index >= 15 is 0 Å². The van der Waals surface area contributed by atoms with E-state index in [4.69, 9.17) is 14.2 Å². The number of likely N-dealkylation sites (N-methyl/N-ethyl adjacent to an activating group) is 1. The van der Waals surface area contributed by atoms with Crippen LogP contribution >= 0.6 is 0 Å². The van der Waals surface area contributed by atoms with Gasteiger partial charge in [0.25, 0.3) is 0 Å². The van der Waals surface area contributed by atoms with E-state index in [2.05, 4.69) is 27.8 Å². The van der Waals surface area contributed by atoms with Crippen LogP contribution in [0.1, 0.15) is 12.5 Å². The Morgan fingerprint density at radius 2 is 1.80 bits per heavy atom. The fourth-order valence-corrected chi connectivity index (χ4v) is 4.36. The number of carbonyl (C=O) groups is 1. The molecule has 0 radical (unpaired) electrons. The number of nitrogens with zero attached hydrogens (tertiary/aromatic N) is 4. The molecule has 3 heterocycles. The average Bonchev–Trinajstić information content (AvgIpc) is 3.37. The maximum atomic E-state index is 13.0. The molecule has 0 unspecified atom stereocenters. The molecule has 1 aromatic heterocycles. The number of ether oxygens (including phenoxy) is 3. The minimum absolute atomic E-state index is 0.156. The number of rotatable bonds is 8. The maximum absolute atomic E-state index is 13.0. The van der Waals surface area contributed by atoms with Gasteiger partial charge in [0.15, 0.2) is 11.5 Å². The van der Waals surface area contributed by atoms with Crippen LogP contribution in [0.3, 0.4) is 0 Å². The Kier molecular flexibility index (Phi) is 6.99. The van der Waals surface area contributed by atoms with Crippen molar-refractivity contribution in [2.45, 2.75) is 13.5 Å². The molecule has 3 aromatic rings. The van der Waals surface area contributed by atoms with E-state index in [1.807, 2.05) is 59.5 Å². The van der Waals surface area contributed by atoms with Gasteiger partial charge in [-0.2, -0.15) is 0 Å². The van der Waals surface area contributed by atoms with E-state index in [9.17, 15) is 4.79 Å². The van der Waals surface area contributed by atoms with Crippen molar-refractivity contribution in [1.29, 1.82) is 0 Å². The highest BCUT2D eigenvalue weighted by atomic mass is 16.7. The highest BCUT2D eigenvalue weighted by molar-refractivity contribution is 5.81. The van der Waals surface area contributed by atoms with Crippen molar-refractivity contribution >= 4 is 11.6 Å². The number of hydrogen-bond donors (Lipinski definition) is 0. The molecule has 1 saturated heterocycles. The van der Waals surface area contributed by atoms with Crippen LogP contribution in [-0.4, -0.2) is 66.8 Å². The topological polar surface area (TPSA) is 67.4 Å². The van der Waals surface area contributed by atoms with Gasteiger partial charge in [-0.15, -0.1) is 0 Å². The molecule has 182 valence electrons. The lowest BCUT2D eigenvalue weighted by molar-refractivity contribution is -0.131. The number of amides is 1. The molecule has 0 bridgehead atoms. The van der Waals surface area contributed by atoms with Crippen molar-refractivity contribution in [3.63, 3.8) is 0 Å². The van der Waals surface area contributed by atoms with Gasteiger partial charge in [0, 0.05) is 57.2 Å². The Morgan fingerprint density at radius 3 is 2.54 bits per heavy atom. The van der Waals surface area contributed by atoms with Gasteiger partial charge >= 0.3 is 0 Å². The summed E-state index contributed by atoms with van der Waals surface area (Å²) in [5, 5.41) is 0. The lowest BCUT2D eigenvalue weighted by Gasteiger charge is -2.36. The van der Waals surface area contributed by atoms with E-state index in [0.717, 1.165) is 56.5 Å². The summed E-state index contributed by atoms with van der Waals surface area (Å²) in [6, 6.07) is 19.4. The molecular formula is C27H30N4O4. The minimum atomic E-state index is 0.156. The van der Waals surface area contributed by atoms with Crippen molar-refractivity contribution in [3.8, 4) is 23.1 Å². The lowest BCUT2D eigenvalue weighted by atomic mass is 10.1. The monoisotopic (exact) mass is 474 g/mol. The first-order valence-electron chi connectivity index (χ1n) is 12.0. The molecule has 2 aliphatic heterocycles. The molecule has 2 aliphatic rings. The first-order chi connectivity index (χ1) is 17.2. The van der Waals surface area contributed by atoms with E-state index in [0.29, 0.717) is 18.2 Å². The predicted octanol–water partition coefficient (Wildman–Crippen LogP) is 3.77. The normalized spacial score (nSPS) is 15.2. The standard InChI is InChI=1S/C27H30N4O4/c1-2-30(22-7-9-23(10-8-22)35-26-5-3-4-12-28-26)19-27(32)31-15-13-29(14-16-31)18-21-6-11-24-25(17-21)34-20-33-24/h3-12,17H,2,13-16,18-20H2,1H3. The fourth-order valence-electron chi connectivity index (χ4n) is 4.36. The number of fused-ring (bicyclic) bond motifs is 1. The average molecular weight is 475 g/mol. The van der Waals surface area contributed by atoms with Crippen molar-refractivity contribution in [2.24, 2.45) is 0 Å². The highest BCUT2D eigenvalue weighted by Crippen LogP contribution is 2.33. The number of pyridine rings is 1. The van der Waals surface area contributed by atoms with Gasteiger partial charge in [0.2, 0.25) is 18.6 Å². The summed E-state index contributed by atoms with van der Waals surface area (Å²) in [5.41, 5.74) is 2.19. The molecule has 1 fully saturated rings. The second-order valence-corrected chi connectivity index (χ2v) is 8.62. The van der Waals surface area contributed by atoms with Crippen molar-refractivity contribution in [3.05, 3.63) is 72.4 Å². The molecule has 1 amide bonds. The van der Waals surface area contributed by atoms with Crippen LogP contribution in [0, 0.1) is 0 Å². The molecule has 5 rings (SSSR count). The number of carbonyl (C=O) groups excluding carboxylic acids is 1. The summed E-state index contributed by atoms with van der Waals surface area (Å²) in [7, 11) is 0. The Labute approximate surface area is 205 Å². The van der Waals surface area contributed by atoms with Crippen LogP contribution in [0.15, 0.2) is 66.9 Å². The third-order valence-corrected chi connectivity index (χ3v) is 6.34. The summed E-state index contributed by atoms with van der Waals surface area (Å²) in [5.74, 6) is 3.05. The van der Waals surface area contributed by atoms with E-state index in [1.54, 1.807) is 6.20 Å². The Bertz CT molecular complexity index is 1130. The molecule has 0 N–H and O–H groups in total. The first-order valence-corrected chi connectivity index (χ1v) is 12.0. The van der Waals surface area contributed by atoms with Crippen LogP contribution in [0.25, 0.3) is 0 Å². The molecule has 0 saturated carbocycles. The number of piperazine rings is 1. The Morgan fingerprint density at radius 1 is 1.00 bits per heavy atom. The zero-order valence-corrected chi connectivity index (χ0v) is 19.9. The molecule has 35 heavy (non-hydrogen) atoms. The number of hydrogen-bond acceptors (Lipinski definition) is 7. The lowest BCUT2D eigenvalue weighted by Crippen LogP contribution is -2.51. The van der Waals surface area contributed by atoms with Gasteiger partial charge in [-0.25, -0.2) is 4.98 Å². The van der Waals surface area contributed by atoms with Gasteiger partial charge in [-0.3, -0.25) is 9.69 Å². The van der Waals surface area contributed by atoms with E-state index in [1.165, 1.54) is 5.56 Å². The quantitative estimate of drug-likeness (QED) is 0.492. The molecule has 0 atom stereocenters. The summed E-state index contributed by atoms with van der Waals surface area (Å²) < 4.78 is 16.7. The fraction of sp³-hybridized carbons (Fsp3) is 0.333. The van der Waals surface area contributed by atoms with Gasteiger partial charge < -0.3 is 24.0 Å². The molecule has 2 aromatic carbocycles. The smallest absolute Gasteiger partial charge is 0.242 e. The summed E-state index contributed by atoms with van der Waals surface area (Å²) in [6.07, 6.45) is 1.70. The number of benzene rings is 2. The number of anilines is 1. The zero-order chi connectivity index (χ0) is 24.0. The van der Waals surface area contributed by atoms with Crippen molar-refractivity contribution in [2.75, 3.05) is 51.0 Å². The SMILES string of the molecule is CCN(CC(=O)N1CCN(Cc2ccc3c(c2)OCO3)CC1)c1ccc(Oc2ccccn2)cc1. The third kappa shape index (κ3) is 5.66. The van der Waals surface area contributed by atoms with Gasteiger partial charge in [-0.05, 0) is 55.0 Å². The van der Waals surface area contributed by atoms with Crippen LogP contribution in [0.5, 0.6) is 23.1 Å². The Balaban J connectivity index is 1.11. The van der Waals surface area contributed by atoms with Gasteiger partial charge in [-0.1, -0.05) is 12.1 Å². The van der Waals surface area contributed by atoms with E-state index < -0.39 is 0 Å². The third-order valence-electron chi connectivity index (χ3n) is 6.34. The zero-order valence-electron chi connectivity index (χ0n) is 19.9. The second-order valence-electron chi connectivity index (χ2n) is 8.62. The molecular weight excluding hydrogens is 444 g/mol. The molecule has 8 nitrogen and oxygen atoms in total. The minimum Gasteiger partial charge on any atom is -0.454 e. The summed E-state index contributed by atoms with van der Waals surface area (Å²) >= 11 is 0. The molecule has 0 aliphatic carbocycles. The van der Waals surface area contributed by atoms with Crippen LogP contribution in [-0.2, 0) is 11.3 Å². The second kappa shape index (κ2) is 10.7. The Hall–Kier alpha value is -3.78. The van der Waals surface area contributed by atoms with E-state index in [-0.39, 0.29) is 12.7 Å². The highest BCUT2D eigenvalue weighted by Gasteiger charge is 2.23. The number of aromatic nitrogens is 1. The molecule has 0 spiro atoms. The largest absolute Gasteiger partial charge is 0.454 e. The van der Waals surface area contributed by atoms with Gasteiger partial charge in [0.1, 0.15) is 5.75 Å². The predicted molar refractivity (Wildman–Crippen MR) is 133 cm³/mol. The van der Waals surface area contributed by atoms with Crippen LogP contribution in [0.2, 0.25) is 0 Å². The first kappa shape index (κ1) is 23.0. The van der Waals surface area contributed by atoms with Crippen molar-refractivity contribution < 1.29 is 19.0 Å². The van der Waals surface area contributed by atoms with Crippen LogP contribution in [0.4, 0.5) is 5.69 Å².